The number of carboxylic acids is 1. The molecule has 7 nitrogen and oxygen atoms in total. The first kappa shape index (κ1) is 28.2. The van der Waals surface area contributed by atoms with Gasteiger partial charge in [-0.05, 0) is 59.9 Å². The third-order valence-corrected chi connectivity index (χ3v) is 6.79. The second-order valence-electron chi connectivity index (χ2n) is 9.44. The van der Waals surface area contributed by atoms with E-state index in [4.69, 9.17) is 0 Å². The lowest BCUT2D eigenvalue weighted by Crippen LogP contribution is -2.35. The molecular formula is C33H33N3O4. The number of carbonyl (C=O) groups excluding carboxylic acids is 2. The number of pyridine rings is 1. The van der Waals surface area contributed by atoms with Crippen molar-refractivity contribution in [2.24, 2.45) is 0 Å². The minimum atomic E-state index is -0.969. The van der Waals surface area contributed by atoms with Crippen LogP contribution in [0.4, 0.5) is 0 Å². The van der Waals surface area contributed by atoms with Crippen LogP contribution >= 0.6 is 0 Å². The number of nitrogens with zero attached hydrogens (tertiary/aromatic N) is 3. The zero-order chi connectivity index (χ0) is 28.3. The highest BCUT2D eigenvalue weighted by atomic mass is 16.4. The number of rotatable bonds is 12. The van der Waals surface area contributed by atoms with Gasteiger partial charge in [-0.2, -0.15) is 0 Å². The molecule has 0 aliphatic carbocycles. The lowest BCUT2D eigenvalue weighted by Gasteiger charge is -2.25. The van der Waals surface area contributed by atoms with Gasteiger partial charge in [-0.25, -0.2) is 0 Å². The van der Waals surface area contributed by atoms with Crippen LogP contribution < -0.4 is 0 Å². The molecule has 0 saturated carbocycles. The van der Waals surface area contributed by atoms with Crippen molar-refractivity contribution in [1.82, 2.24) is 14.8 Å². The molecule has 3 aromatic carbocycles. The maximum atomic E-state index is 13.9. The minimum absolute atomic E-state index is 0.0782. The maximum absolute atomic E-state index is 13.9. The topological polar surface area (TPSA) is 90.8 Å². The molecule has 40 heavy (non-hydrogen) atoms. The molecule has 0 spiro atoms. The molecule has 0 radical (unpaired) electrons. The van der Waals surface area contributed by atoms with E-state index >= 15 is 0 Å². The lowest BCUT2D eigenvalue weighted by molar-refractivity contribution is -0.137. The largest absolute Gasteiger partial charge is 0.481 e. The molecule has 0 fully saturated rings. The van der Waals surface area contributed by atoms with Gasteiger partial charge in [0.05, 0.1) is 6.42 Å². The number of carboxylic acid groups (broad SMARTS) is 1. The van der Waals surface area contributed by atoms with Gasteiger partial charge in [0.15, 0.2) is 0 Å². The van der Waals surface area contributed by atoms with Crippen molar-refractivity contribution < 1.29 is 19.5 Å². The fourth-order valence-corrected chi connectivity index (χ4v) is 4.64. The molecule has 0 unspecified atom stereocenters. The molecule has 4 rings (SSSR count). The molecule has 4 aromatic rings. The fraction of sp³-hybridized carbons (Fsp3) is 0.212. The number of hydrogen-bond donors (Lipinski definition) is 1. The molecule has 0 aliphatic rings. The molecule has 0 aliphatic heterocycles. The second kappa shape index (κ2) is 13.8. The van der Waals surface area contributed by atoms with Crippen molar-refractivity contribution in [3.8, 4) is 11.1 Å². The predicted molar refractivity (Wildman–Crippen MR) is 155 cm³/mol. The van der Waals surface area contributed by atoms with E-state index in [-0.39, 0.29) is 24.8 Å². The number of aromatic nitrogens is 1. The Balaban J connectivity index is 1.65. The summed E-state index contributed by atoms with van der Waals surface area (Å²) in [7, 11) is 0. The first-order valence-corrected chi connectivity index (χ1v) is 13.4. The van der Waals surface area contributed by atoms with E-state index in [1.807, 2.05) is 79.7 Å². The van der Waals surface area contributed by atoms with Crippen LogP contribution in [0.25, 0.3) is 11.1 Å². The van der Waals surface area contributed by atoms with Gasteiger partial charge >= 0.3 is 5.97 Å². The van der Waals surface area contributed by atoms with Gasteiger partial charge in [-0.3, -0.25) is 19.4 Å². The third-order valence-electron chi connectivity index (χ3n) is 6.79. The number of aliphatic carboxylic acids is 1. The Morgan fingerprint density at radius 2 is 1.23 bits per heavy atom. The van der Waals surface area contributed by atoms with Gasteiger partial charge in [0.1, 0.15) is 0 Å². The summed E-state index contributed by atoms with van der Waals surface area (Å²) in [5.74, 6) is -1.36. The van der Waals surface area contributed by atoms with Crippen LogP contribution in [-0.2, 0) is 17.8 Å². The van der Waals surface area contributed by atoms with Crippen molar-refractivity contribution in [2.45, 2.75) is 26.3 Å². The molecule has 0 saturated heterocycles. The Morgan fingerprint density at radius 1 is 0.675 bits per heavy atom. The van der Waals surface area contributed by atoms with E-state index in [1.165, 1.54) is 0 Å². The number of benzene rings is 3. The molecule has 7 heteroatoms. The third kappa shape index (κ3) is 7.20. The summed E-state index contributed by atoms with van der Waals surface area (Å²) in [6.45, 7) is 3.38. The monoisotopic (exact) mass is 535 g/mol. The van der Waals surface area contributed by atoms with Gasteiger partial charge < -0.3 is 14.9 Å². The van der Waals surface area contributed by atoms with E-state index in [0.717, 1.165) is 11.1 Å². The number of carbonyl (C=O) groups is 3. The lowest BCUT2D eigenvalue weighted by atomic mass is 9.93. The van der Waals surface area contributed by atoms with Crippen molar-refractivity contribution in [2.75, 3.05) is 19.6 Å². The van der Waals surface area contributed by atoms with Crippen LogP contribution in [0.5, 0.6) is 0 Å². The second-order valence-corrected chi connectivity index (χ2v) is 9.44. The molecule has 2 amide bonds. The Bertz CT molecular complexity index is 1440. The molecule has 0 atom stereocenters. The molecule has 204 valence electrons. The Kier molecular flexibility index (Phi) is 9.77. The normalized spacial score (nSPS) is 10.6. The molecule has 1 N–H and O–H groups in total. The highest BCUT2D eigenvalue weighted by Gasteiger charge is 2.24. The molecular weight excluding hydrogens is 502 g/mol. The van der Waals surface area contributed by atoms with Crippen molar-refractivity contribution in [3.05, 3.63) is 126 Å². The van der Waals surface area contributed by atoms with Crippen LogP contribution in [0.2, 0.25) is 0 Å². The first-order valence-electron chi connectivity index (χ1n) is 13.4. The average molecular weight is 536 g/mol. The zero-order valence-electron chi connectivity index (χ0n) is 22.6. The van der Waals surface area contributed by atoms with E-state index < -0.39 is 5.97 Å². The van der Waals surface area contributed by atoms with Crippen LogP contribution in [0.15, 0.2) is 103 Å². The Morgan fingerprint density at radius 3 is 1.80 bits per heavy atom. The van der Waals surface area contributed by atoms with Crippen molar-refractivity contribution in [1.29, 1.82) is 0 Å². The summed E-state index contributed by atoms with van der Waals surface area (Å²) in [5, 5.41) is 9.32. The van der Waals surface area contributed by atoms with Gasteiger partial charge in [0.2, 0.25) is 0 Å². The maximum Gasteiger partial charge on any atom is 0.305 e. The smallest absolute Gasteiger partial charge is 0.305 e. The predicted octanol–water partition coefficient (Wildman–Crippen LogP) is 5.57. The summed E-state index contributed by atoms with van der Waals surface area (Å²) in [6.07, 6.45) is 3.79. The van der Waals surface area contributed by atoms with Crippen molar-refractivity contribution in [3.63, 3.8) is 0 Å². The summed E-state index contributed by atoms with van der Waals surface area (Å²) >= 11 is 0. The van der Waals surface area contributed by atoms with E-state index in [9.17, 15) is 19.5 Å². The fourth-order valence-electron chi connectivity index (χ4n) is 4.64. The number of amides is 2. The summed E-state index contributed by atoms with van der Waals surface area (Å²) < 4.78 is 0. The Labute approximate surface area is 234 Å². The van der Waals surface area contributed by atoms with Gasteiger partial charge in [0, 0.05) is 49.7 Å². The Hall–Kier alpha value is -4.78. The van der Waals surface area contributed by atoms with Crippen LogP contribution in [0.3, 0.4) is 0 Å². The highest BCUT2D eigenvalue weighted by Crippen LogP contribution is 2.29. The van der Waals surface area contributed by atoms with E-state index in [1.54, 1.807) is 40.4 Å². The zero-order valence-corrected chi connectivity index (χ0v) is 22.6. The molecule has 1 aromatic heterocycles. The average Bonchev–Trinajstić information content (AvgIpc) is 3.00. The quantitative estimate of drug-likeness (QED) is 0.256. The highest BCUT2D eigenvalue weighted by molar-refractivity contribution is 6.06. The van der Waals surface area contributed by atoms with Gasteiger partial charge in [-0.15, -0.1) is 0 Å². The van der Waals surface area contributed by atoms with Crippen LogP contribution in [0, 0.1) is 0 Å². The molecule has 0 bridgehead atoms. The number of hydrogen-bond acceptors (Lipinski definition) is 4. The summed E-state index contributed by atoms with van der Waals surface area (Å²) in [5.41, 5.74) is 4.27. The standard InChI is InChI=1S/C33H33N3O4/c1-2-35(24-26-10-4-3-5-11-26)32(39)29-14-8-6-12-27(29)28-13-7-9-15-30(28)33(40)36(23-19-31(37)38)22-18-25-16-20-34-21-17-25/h3-17,20-21H,2,18-19,22-24H2,1H3,(H,37,38). The SMILES string of the molecule is CCN(Cc1ccccc1)C(=O)c1ccccc1-c1ccccc1C(=O)N(CCC(=O)O)CCc1ccncc1. The summed E-state index contributed by atoms with van der Waals surface area (Å²) in [6, 6.07) is 28.1. The van der Waals surface area contributed by atoms with E-state index in [2.05, 4.69) is 4.98 Å². The van der Waals surface area contributed by atoms with Gasteiger partial charge in [-0.1, -0.05) is 66.7 Å². The summed E-state index contributed by atoms with van der Waals surface area (Å²) in [4.78, 5) is 46.5. The first-order chi connectivity index (χ1) is 19.5. The van der Waals surface area contributed by atoms with Crippen LogP contribution in [-0.4, -0.2) is 57.3 Å². The van der Waals surface area contributed by atoms with Crippen LogP contribution in [0.1, 0.15) is 45.2 Å². The minimum Gasteiger partial charge on any atom is -0.481 e. The van der Waals surface area contributed by atoms with Gasteiger partial charge in [0.25, 0.3) is 11.8 Å². The molecule has 1 heterocycles. The van der Waals surface area contributed by atoms with E-state index in [0.29, 0.717) is 48.3 Å². The van der Waals surface area contributed by atoms with Crippen molar-refractivity contribution >= 4 is 17.8 Å².